The Morgan fingerprint density at radius 3 is 2.90 bits per heavy atom. The van der Waals surface area contributed by atoms with Gasteiger partial charge in [-0.05, 0) is 29.8 Å². The van der Waals surface area contributed by atoms with Gasteiger partial charge < -0.3 is 20.1 Å². The molecule has 1 aliphatic heterocycles. The summed E-state index contributed by atoms with van der Waals surface area (Å²) in [6.07, 6.45) is 2.46. The van der Waals surface area contributed by atoms with Gasteiger partial charge in [0.15, 0.2) is 0 Å². The Labute approximate surface area is 175 Å². The maximum atomic E-state index is 14.5. The van der Waals surface area contributed by atoms with E-state index in [4.69, 9.17) is 4.74 Å². The third kappa shape index (κ3) is 5.04. The second-order valence-corrected chi connectivity index (χ2v) is 6.81. The summed E-state index contributed by atoms with van der Waals surface area (Å²) in [7, 11) is 0. The highest BCUT2D eigenvalue weighted by Crippen LogP contribution is 2.24. The highest BCUT2D eigenvalue weighted by atomic mass is 19.3. The number of benzene rings is 2. The Hall–Kier alpha value is -3.37. The van der Waals surface area contributed by atoms with Crippen molar-refractivity contribution in [3.8, 4) is 11.4 Å². The van der Waals surface area contributed by atoms with Crippen molar-refractivity contribution in [2.24, 2.45) is 0 Å². The van der Waals surface area contributed by atoms with Crippen LogP contribution >= 0.6 is 0 Å². The number of hydrogen-bond donors (Lipinski definition) is 2. The monoisotopic (exact) mass is 432 g/mol. The maximum absolute atomic E-state index is 14.5. The van der Waals surface area contributed by atoms with Crippen LogP contribution in [0.4, 0.5) is 18.9 Å². The largest absolute Gasteiger partial charge is 0.435 e. The molecule has 4 rings (SSSR count). The minimum atomic E-state index is -2.95. The van der Waals surface area contributed by atoms with Crippen LogP contribution in [0.25, 0.3) is 5.69 Å². The van der Waals surface area contributed by atoms with Crippen LogP contribution in [0.3, 0.4) is 0 Å². The lowest BCUT2D eigenvalue weighted by Crippen LogP contribution is -2.33. The van der Waals surface area contributed by atoms with Gasteiger partial charge in [-0.25, -0.2) is 9.07 Å². The SMILES string of the molecule is O=C(Nc1ccc([C@H]2CNCCO2)cc1F)c1cnn(-c2cccc(OC(F)F)c2)c1. The van der Waals surface area contributed by atoms with E-state index in [0.717, 1.165) is 6.54 Å². The molecule has 0 unspecified atom stereocenters. The molecular formula is C21H19F3N4O3. The number of carbonyl (C=O) groups excluding carboxylic acids is 1. The fourth-order valence-corrected chi connectivity index (χ4v) is 3.19. The molecule has 1 aliphatic rings. The van der Waals surface area contributed by atoms with Crippen LogP contribution in [0.1, 0.15) is 22.0 Å². The highest BCUT2D eigenvalue weighted by molar-refractivity contribution is 6.04. The van der Waals surface area contributed by atoms with E-state index in [1.807, 2.05) is 0 Å². The van der Waals surface area contributed by atoms with E-state index in [0.29, 0.717) is 24.4 Å². The van der Waals surface area contributed by atoms with Crippen LogP contribution in [0.5, 0.6) is 5.75 Å². The number of hydrogen-bond acceptors (Lipinski definition) is 5. The van der Waals surface area contributed by atoms with E-state index < -0.39 is 18.3 Å². The fraction of sp³-hybridized carbons (Fsp3) is 0.238. The first kappa shape index (κ1) is 20.9. The second kappa shape index (κ2) is 9.19. The molecule has 3 aromatic rings. The molecule has 0 bridgehead atoms. The molecule has 1 aromatic heterocycles. The average molecular weight is 432 g/mol. The van der Waals surface area contributed by atoms with Crippen molar-refractivity contribution in [2.75, 3.05) is 25.0 Å². The molecule has 0 saturated carbocycles. The highest BCUT2D eigenvalue weighted by Gasteiger charge is 2.18. The van der Waals surface area contributed by atoms with Crippen LogP contribution in [-0.2, 0) is 4.74 Å². The van der Waals surface area contributed by atoms with Crippen molar-refractivity contribution in [2.45, 2.75) is 12.7 Å². The number of nitrogens with zero attached hydrogens (tertiary/aromatic N) is 2. The van der Waals surface area contributed by atoms with Gasteiger partial charge in [-0.15, -0.1) is 0 Å². The minimum Gasteiger partial charge on any atom is -0.435 e. The Balaban J connectivity index is 1.46. The first-order valence-corrected chi connectivity index (χ1v) is 9.52. The molecule has 1 saturated heterocycles. The van der Waals surface area contributed by atoms with Gasteiger partial charge >= 0.3 is 6.61 Å². The normalized spacial score (nSPS) is 16.3. The molecule has 2 aromatic carbocycles. The van der Waals surface area contributed by atoms with Crippen molar-refractivity contribution in [1.82, 2.24) is 15.1 Å². The number of ether oxygens (including phenoxy) is 2. The van der Waals surface area contributed by atoms with Crippen molar-refractivity contribution >= 4 is 11.6 Å². The first-order chi connectivity index (χ1) is 15.0. The summed E-state index contributed by atoms with van der Waals surface area (Å²) in [5.74, 6) is -1.17. The fourth-order valence-electron chi connectivity index (χ4n) is 3.19. The van der Waals surface area contributed by atoms with E-state index in [9.17, 15) is 18.0 Å². The molecule has 0 aliphatic carbocycles. The standard InChI is InChI=1S/C21H19F3N4O3/c22-17-8-13(19-11-25-6-7-30-19)4-5-18(17)27-20(29)14-10-26-28(12-14)15-2-1-3-16(9-15)31-21(23)24/h1-5,8-10,12,19,21,25H,6-7,11H2,(H,27,29)/t19-/m1/s1. The van der Waals surface area contributed by atoms with Crippen molar-refractivity contribution in [3.05, 3.63) is 71.8 Å². The number of morpholine rings is 1. The molecular weight excluding hydrogens is 413 g/mol. The van der Waals surface area contributed by atoms with Crippen LogP contribution in [-0.4, -0.2) is 42.0 Å². The van der Waals surface area contributed by atoms with E-state index in [1.165, 1.54) is 47.4 Å². The number of rotatable bonds is 6. The Bertz CT molecular complexity index is 1070. The first-order valence-electron chi connectivity index (χ1n) is 9.52. The molecule has 1 amide bonds. The predicted octanol–water partition coefficient (Wildman–Crippen LogP) is 3.53. The van der Waals surface area contributed by atoms with Crippen molar-refractivity contribution < 1.29 is 27.4 Å². The van der Waals surface area contributed by atoms with Gasteiger partial charge in [0, 0.05) is 25.4 Å². The number of aromatic nitrogens is 2. The van der Waals surface area contributed by atoms with E-state index >= 15 is 0 Å². The number of halogens is 3. The van der Waals surface area contributed by atoms with E-state index in [-0.39, 0.29) is 23.1 Å². The molecule has 31 heavy (non-hydrogen) atoms. The maximum Gasteiger partial charge on any atom is 0.387 e. The predicted molar refractivity (Wildman–Crippen MR) is 106 cm³/mol. The van der Waals surface area contributed by atoms with Crippen LogP contribution in [0.15, 0.2) is 54.9 Å². The lowest BCUT2D eigenvalue weighted by molar-refractivity contribution is -0.0498. The molecule has 2 heterocycles. The molecule has 0 spiro atoms. The summed E-state index contributed by atoms with van der Waals surface area (Å²) in [6, 6.07) is 10.4. The molecule has 0 radical (unpaired) electrons. The second-order valence-electron chi connectivity index (χ2n) is 6.81. The van der Waals surface area contributed by atoms with Crippen molar-refractivity contribution in [1.29, 1.82) is 0 Å². The van der Waals surface area contributed by atoms with Gasteiger partial charge in [0.25, 0.3) is 5.91 Å². The molecule has 10 heteroatoms. The summed E-state index contributed by atoms with van der Waals surface area (Å²) in [6.45, 7) is -1.05. The molecule has 7 nitrogen and oxygen atoms in total. The lowest BCUT2D eigenvalue weighted by Gasteiger charge is -2.24. The summed E-state index contributed by atoms with van der Waals surface area (Å²) >= 11 is 0. The van der Waals surface area contributed by atoms with Gasteiger partial charge in [-0.1, -0.05) is 12.1 Å². The minimum absolute atomic E-state index is 0.0256. The summed E-state index contributed by atoms with van der Waals surface area (Å²) < 4.78 is 50.6. The van der Waals surface area contributed by atoms with Crippen LogP contribution in [0.2, 0.25) is 0 Å². The average Bonchev–Trinajstić information content (AvgIpc) is 3.26. The number of anilines is 1. The van der Waals surface area contributed by atoms with Gasteiger partial charge in [0.1, 0.15) is 11.6 Å². The third-order valence-corrected chi connectivity index (χ3v) is 4.69. The number of amides is 1. The van der Waals surface area contributed by atoms with E-state index in [1.54, 1.807) is 12.1 Å². The zero-order valence-corrected chi connectivity index (χ0v) is 16.2. The van der Waals surface area contributed by atoms with Crippen LogP contribution < -0.4 is 15.4 Å². The summed E-state index contributed by atoms with van der Waals surface area (Å²) in [5.41, 5.74) is 1.30. The Kier molecular flexibility index (Phi) is 6.19. The molecule has 1 fully saturated rings. The summed E-state index contributed by atoms with van der Waals surface area (Å²) in [4.78, 5) is 12.5. The van der Waals surface area contributed by atoms with E-state index in [2.05, 4.69) is 20.5 Å². The zero-order valence-electron chi connectivity index (χ0n) is 16.2. The number of carbonyl (C=O) groups is 1. The molecule has 2 N–H and O–H groups in total. The third-order valence-electron chi connectivity index (χ3n) is 4.69. The van der Waals surface area contributed by atoms with Gasteiger partial charge in [0.2, 0.25) is 0 Å². The lowest BCUT2D eigenvalue weighted by atomic mass is 10.1. The smallest absolute Gasteiger partial charge is 0.387 e. The molecule has 1 atom stereocenters. The van der Waals surface area contributed by atoms with Gasteiger partial charge in [-0.2, -0.15) is 13.9 Å². The molecule has 162 valence electrons. The van der Waals surface area contributed by atoms with Crippen LogP contribution in [0, 0.1) is 5.82 Å². The Morgan fingerprint density at radius 1 is 1.29 bits per heavy atom. The number of alkyl halides is 2. The number of nitrogens with one attached hydrogen (secondary N) is 2. The van der Waals surface area contributed by atoms with Gasteiger partial charge in [-0.3, -0.25) is 4.79 Å². The summed E-state index contributed by atoms with van der Waals surface area (Å²) in [5, 5.41) is 9.75. The zero-order chi connectivity index (χ0) is 21.8. The van der Waals surface area contributed by atoms with Crippen molar-refractivity contribution in [3.63, 3.8) is 0 Å². The Morgan fingerprint density at radius 2 is 2.16 bits per heavy atom. The van der Waals surface area contributed by atoms with Gasteiger partial charge in [0.05, 0.1) is 35.8 Å². The topological polar surface area (TPSA) is 77.4 Å². The quantitative estimate of drug-likeness (QED) is 0.623.